The number of pyridine rings is 1. The van der Waals surface area contributed by atoms with Gasteiger partial charge in [-0.1, -0.05) is 6.07 Å². The summed E-state index contributed by atoms with van der Waals surface area (Å²) in [6.07, 6.45) is 3.53. The van der Waals surface area contributed by atoms with Crippen molar-refractivity contribution in [2.45, 2.75) is 32.4 Å². The quantitative estimate of drug-likeness (QED) is 0.402. The van der Waals surface area contributed by atoms with Gasteiger partial charge in [0, 0.05) is 32.4 Å². The molecule has 0 radical (unpaired) electrons. The molecule has 1 unspecified atom stereocenters. The molecule has 6 nitrogen and oxygen atoms in total. The number of aromatic nitrogens is 1. The summed E-state index contributed by atoms with van der Waals surface area (Å²) in [6.45, 7) is 3.96. The fourth-order valence-corrected chi connectivity index (χ4v) is 2.51. The minimum atomic E-state index is -0.283. The molecule has 0 saturated heterocycles. The third kappa shape index (κ3) is 7.52. The Balaban J connectivity index is 1.63. The van der Waals surface area contributed by atoms with Crippen LogP contribution in [0.2, 0.25) is 0 Å². The highest BCUT2D eigenvalue weighted by atomic mass is 19.1. The summed E-state index contributed by atoms with van der Waals surface area (Å²) >= 11 is 0. The first-order valence-electron chi connectivity index (χ1n) is 9.10. The number of benzene rings is 1. The van der Waals surface area contributed by atoms with E-state index in [4.69, 9.17) is 4.74 Å². The molecule has 1 aromatic carbocycles. The molecule has 7 heteroatoms. The van der Waals surface area contributed by atoms with Crippen LogP contribution in [-0.4, -0.2) is 36.8 Å². The molecule has 1 aromatic heterocycles. The number of unbranched alkanes of at least 4 members (excludes halogenated alkanes) is 1. The molecule has 0 saturated carbocycles. The number of rotatable bonds is 9. The maximum Gasteiger partial charge on any atom is 0.250 e. The van der Waals surface area contributed by atoms with Gasteiger partial charge in [0.25, 0.3) is 0 Å². The Labute approximate surface area is 159 Å². The predicted molar refractivity (Wildman–Crippen MR) is 106 cm³/mol. The molecule has 27 heavy (non-hydrogen) atoms. The third-order valence-electron chi connectivity index (χ3n) is 3.95. The normalized spacial score (nSPS) is 12.5. The van der Waals surface area contributed by atoms with Gasteiger partial charge in [-0.3, -0.25) is 9.79 Å². The van der Waals surface area contributed by atoms with Gasteiger partial charge < -0.3 is 19.9 Å². The summed E-state index contributed by atoms with van der Waals surface area (Å²) in [5.41, 5.74) is 0.0260. The minimum absolute atomic E-state index is 0.0260. The fraction of sp³-hybridized carbons (Fsp3) is 0.400. The second-order valence-corrected chi connectivity index (χ2v) is 6.20. The average molecular weight is 374 g/mol. The Morgan fingerprint density at radius 1 is 1.19 bits per heavy atom. The summed E-state index contributed by atoms with van der Waals surface area (Å²) in [5.74, 6) is 1.04. The molecule has 0 aliphatic carbocycles. The highest BCUT2D eigenvalue weighted by Gasteiger charge is 2.06. The maximum atomic E-state index is 12.9. The van der Waals surface area contributed by atoms with Crippen molar-refractivity contribution < 1.29 is 9.13 Å². The Bertz CT molecular complexity index is 774. The van der Waals surface area contributed by atoms with Crippen LogP contribution in [0.3, 0.4) is 0 Å². The zero-order valence-corrected chi connectivity index (χ0v) is 15.8. The van der Waals surface area contributed by atoms with Gasteiger partial charge in [-0.2, -0.15) is 0 Å². The summed E-state index contributed by atoms with van der Waals surface area (Å²) in [7, 11) is 1.71. The van der Waals surface area contributed by atoms with Crippen molar-refractivity contribution in [1.82, 2.24) is 15.2 Å². The van der Waals surface area contributed by atoms with Crippen LogP contribution in [0.1, 0.15) is 19.8 Å². The molecule has 2 aromatic rings. The minimum Gasteiger partial charge on any atom is -0.489 e. The Morgan fingerprint density at radius 3 is 2.67 bits per heavy atom. The van der Waals surface area contributed by atoms with Crippen LogP contribution >= 0.6 is 0 Å². The molecule has 1 heterocycles. The van der Waals surface area contributed by atoms with Crippen molar-refractivity contribution in [2.24, 2.45) is 4.99 Å². The van der Waals surface area contributed by atoms with E-state index in [1.54, 1.807) is 42.1 Å². The van der Waals surface area contributed by atoms with Gasteiger partial charge in [-0.05, 0) is 50.1 Å². The van der Waals surface area contributed by atoms with Gasteiger partial charge in [0.1, 0.15) is 17.7 Å². The molecule has 1 atom stereocenters. The van der Waals surface area contributed by atoms with Crippen molar-refractivity contribution in [1.29, 1.82) is 0 Å². The first kappa shape index (κ1) is 20.5. The number of guanidine groups is 1. The SMILES string of the molecule is CN=C(NCCCCn1ccccc1=O)NCC(C)Oc1ccc(F)cc1. The lowest BCUT2D eigenvalue weighted by Crippen LogP contribution is -2.42. The average Bonchev–Trinajstić information content (AvgIpc) is 2.67. The largest absolute Gasteiger partial charge is 0.489 e. The van der Waals surface area contributed by atoms with Crippen LogP contribution in [0.15, 0.2) is 58.4 Å². The molecule has 0 amide bonds. The van der Waals surface area contributed by atoms with Gasteiger partial charge in [0.05, 0.1) is 6.54 Å². The zero-order valence-electron chi connectivity index (χ0n) is 15.8. The fourth-order valence-electron chi connectivity index (χ4n) is 2.51. The highest BCUT2D eigenvalue weighted by molar-refractivity contribution is 5.79. The van der Waals surface area contributed by atoms with Crippen molar-refractivity contribution in [3.63, 3.8) is 0 Å². The summed E-state index contributed by atoms with van der Waals surface area (Å²) in [6, 6.07) is 11.1. The van der Waals surface area contributed by atoms with E-state index in [0.717, 1.165) is 19.4 Å². The summed E-state index contributed by atoms with van der Waals surface area (Å²) in [5, 5.41) is 6.45. The van der Waals surface area contributed by atoms with Gasteiger partial charge in [0.15, 0.2) is 5.96 Å². The van der Waals surface area contributed by atoms with Crippen LogP contribution < -0.4 is 20.9 Å². The Hall–Kier alpha value is -2.83. The molecule has 2 N–H and O–H groups in total. The van der Waals surface area contributed by atoms with E-state index in [1.165, 1.54) is 12.1 Å². The van der Waals surface area contributed by atoms with Crippen molar-refractivity contribution in [3.8, 4) is 5.75 Å². The summed E-state index contributed by atoms with van der Waals surface area (Å²) < 4.78 is 20.3. The predicted octanol–water partition coefficient (Wildman–Crippen LogP) is 2.40. The number of halogens is 1. The first-order valence-corrected chi connectivity index (χ1v) is 9.10. The first-order chi connectivity index (χ1) is 13.1. The third-order valence-corrected chi connectivity index (χ3v) is 3.95. The molecule has 0 fully saturated rings. The highest BCUT2D eigenvalue weighted by Crippen LogP contribution is 2.12. The second-order valence-electron chi connectivity index (χ2n) is 6.20. The molecule has 2 rings (SSSR count). The molecule has 0 aliphatic heterocycles. The number of nitrogens with zero attached hydrogens (tertiary/aromatic N) is 2. The van der Waals surface area contributed by atoms with Gasteiger partial charge in [-0.25, -0.2) is 4.39 Å². The number of ether oxygens (including phenoxy) is 1. The van der Waals surface area contributed by atoms with E-state index in [1.807, 2.05) is 13.0 Å². The number of aryl methyl sites for hydroxylation is 1. The topological polar surface area (TPSA) is 67.7 Å². The zero-order chi connectivity index (χ0) is 19.5. The number of nitrogens with one attached hydrogen (secondary N) is 2. The smallest absolute Gasteiger partial charge is 0.250 e. The van der Waals surface area contributed by atoms with E-state index in [2.05, 4.69) is 15.6 Å². The van der Waals surface area contributed by atoms with Crippen molar-refractivity contribution in [3.05, 3.63) is 64.8 Å². The van der Waals surface area contributed by atoms with Crippen LogP contribution in [0, 0.1) is 5.82 Å². The molecular weight excluding hydrogens is 347 g/mol. The number of hydrogen-bond acceptors (Lipinski definition) is 3. The van der Waals surface area contributed by atoms with Gasteiger partial charge in [0.2, 0.25) is 5.56 Å². The molecule has 146 valence electrons. The van der Waals surface area contributed by atoms with Crippen LogP contribution in [0.5, 0.6) is 5.75 Å². The molecular formula is C20H27FN4O2. The van der Waals surface area contributed by atoms with Gasteiger partial charge >= 0.3 is 0 Å². The number of aliphatic imine (C=N–C) groups is 1. The van der Waals surface area contributed by atoms with Crippen molar-refractivity contribution in [2.75, 3.05) is 20.1 Å². The van der Waals surface area contributed by atoms with Crippen LogP contribution in [0.4, 0.5) is 4.39 Å². The lowest BCUT2D eigenvalue weighted by Gasteiger charge is -2.17. The van der Waals surface area contributed by atoms with Crippen LogP contribution in [-0.2, 0) is 6.54 Å². The van der Waals surface area contributed by atoms with E-state index in [0.29, 0.717) is 24.8 Å². The molecule has 0 aliphatic rings. The summed E-state index contributed by atoms with van der Waals surface area (Å²) in [4.78, 5) is 15.8. The van der Waals surface area contributed by atoms with E-state index in [9.17, 15) is 9.18 Å². The molecule has 0 bridgehead atoms. The Kier molecular flexibility index (Phi) is 8.35. The maximum absolute atomic E-state index is 12.9. The standard InChI is InChI=1S/C20H27FN4O2/c1-16(27-18-10-8-17(21)9-11-18)15-24-20(22-2)23-12-4-6-14-25-13-5-3-7-19(25)26/h3,5,7-11,13,16H,4,6,12,14-15H2,1-2H3,(H2,22,23,24). The van der Waals surface area contributed by atoms with Crippen molar-refractivity contribution >= 4 is 5.96 Å². The van der Waals surface area contributed by atoms with E-state index < -0.39 is 0 Å². The lowest BCUT2D eigenvalue weighted by atomic mass is 10.3. The van der Waals surface area contributed by atoms with Gasteiger partial charge in [-0.15, -0.1) is 0 Å². The number of hydrogen-bond donors (Lipinski definition) is 2. The second kappa shape index (κ2) is 11.0. The lowest BCUT2D eigenvalue weighted by molar-refractivity contribution is 0.223. The van der Waals surface area contributed by atoms with E-state index >= 15 is 0 Å². The molecule has 0 spiro atoms. The monoisotopic (exact) mass is 374 g/mol. The van der Waals surface area contributed by atoms with Crippen LogP contribution in [0.25, 0.3) is 0 Å². The van der Waals surface area contributed by atoms with E-state index in [-0.39, 0.29) is 17.5 Å². The Morgan fingerprint density at radius 2 is 1.96 bits per heavy atom.